The van der Waals surface area contributed by atoms with Gasteiger partial charge in [0.1, 0.15) is 0 Å². The molecule has 0 aliphatic carbocycles. The molecule has 0 spiro atoms. The molecule has 2 rings (SSSR count). The topological polar surface area (TPSA) is 64.7 Å². The Morgan fingerprint density at radius 3 is 2.56 bits per heavy atom. The second-order valence-electron chi connectivity index (χ2n) is 3.50. The molecule has 1 aromatic rings. The molecule has 0 radical (unpaired) electrons. The number of hydrogen-bond donors (Lipinski definition) is 1. The molecule has 4 heteroatoms. The number of nitrogens with two attached hydrogens (primary N) is 1. The summed E-state index contributed by atoms with van der Waals surface area (Å²) in [5.41, 5.74) is 7.78. The Hall–Kier alpha value is -1.94. The van der Waals surface area contributed by atoms with Crippen LogP contribution in [0.4, 0.5) is 0 Å². The average molecular weight is 216 g/mol. The van der Waals surface area contributed by atoms with Crippen LogP contribution >= 0.6 is 0 Å². The number of esters is 1. The van der Waals surface area contributed by atoms with Crippen LogP contribution in [0.2, 0.25) is 0 Å². The third-order valence-electron chi connectivity index (χ3n) is 2.25. The molecule has 1 aliphatic heterocycles. The van der Waals surface area contributed by atoms with E-state index in [0.717, 1.165) is 11.1 Å². The number of carbonyl (C=O) groups is 1. The molecular weight excluding hydrogens is 204 g/mol. The largest absolute Gasteiger partial charge is 0.407 e. The number of aliphatic imine (C=N–C) groups is 1. The van der Waals surface area contributed by atoms with Crippen molar-refractivity contribution in [2.75, 3.05) is 0 Å². The minimum atomic E-state index is -0.402. The zero-order valence-electron chi connectivity index (χ0n) is 8.93. The van der Waals surface area contributed by atoms with Gasteiger partial charge in [0.2, 0.25) is 0 Å². The molecule has 0 aromatic heterocycles. The van der Waals surface area contributed by atoms with Crippen LogP contribution in [-0.4, -0.2) is 11.9 Å². The first-order chi connectivity index (χ1) is 7.69. The molecule has 0 unspecified atom stereocenters. The van der Waals surface area contributed by atoms with Gasteiger partial charge in [0.15, 0.2) is 11.6 Å². The van der Waals surface area contributed by atoms with E-state index in [-0.39, 0.29) is 0 Å². The summed E-state index contributed by atoms with van der Waals surface area (Å²) in [6.45, 7) is 2.16. The maximum Gasteiger partial charge on any atom is 0.363 e. The molecule has 1 heterocycles. The van der Waals surface area contributed by atoms with Crippen LogP contribution in [0.3, 0.4) is 0 Å². The summed E-state index contributed by atoms with van der Waals surface area (Å²) in [6, 6.07) is 7.63. The smallest absolute Gasteiger partial charge is 0.363 e. The summed E-state index contributed by atoms with van der Waals surface area (Å²) < 4.78 is 4.81. The molecular formula is C12H12N2O2. The standard InChI is InChI=1S/C12H12N2O2/c1-8-14-11(12(15)16-8)6-9-2-4-10(7-13)5-3-9/h2-6H,7,13H2,1H3. The average Bonchev–Trinajstić information content (AvgIpc) is 2.59. The van der Waals surface area contributed by atoms with Gasteiger partial charge >= 0.3 is 5.97 Å². The third kappa shape index (κ3) is 2.17. The third-order valence-corrected chi connectivity index (χ3v) is 2.25. The molecule has 0 bridgehead atoms. The van der Waals surface area contributed by atoms with Crippen molar-refractivity contribution < 1.29 is 9.53 Å². The first kappa shape index (κ1) is 10.6. The number of cyclic esters (lactones) is 1. The van der Waals surface area contributed by atoms with Gasteiger partial charge in [-0.25, -0.2) is 9.79 Å². The van der Waals surface area contributed by atoms with E-state index < -0.39 is 5.97 Å². The van der Waals surface area contributed by atoms with Crippen molar-refractivity contribution in [2.45, 2.75) is 13.5 Å². The lowest BCUT2D eigenvalue weighted by Gasteiger charge is -1.97. The van der Waals surface area contributed by atoms with Crippen molar-refractivity contribution in [3.63, 3.8) is 0 Å². The Balaban J connectivity index is 2.26. The fourth-order valence-electron chi connectivity index (χ4n) is 1.42. The number of nitrogens with zero attached hydrogens (tertiary/aromatic N) is 1. The number of hydrogen-bond acceptors (Lipinski definition) is 4. The first-order valence-corrected chi connectivity index (χ1v) is 4.97. The van der Waals surface area contributed by atoms with Crippen LogP contribution in [-0.2, 0) is 16.1 Å². The second kappa shape index (κ2) is 4.28. The van der Waals surface area contributed by atoms with Crippen molar-refractivity contribution in [2.24, 2.45) is 10.7 Å². The van der Waals surface area contributed by atoms with Crippen LogP contribution < -0.4 is 5.73 Å². The molecule has 16 heavy (non-hydrogen) atoms. The minimum Gasteiger partial charge on any atom is -0.407 e. The number of ether oxygens (including phenoxy) is 1. The fourth-order valence-corrected chi connectivity index (χ4v) is 1.42. The van der Waals surface area contributed by atoms with E-state index in [1.54, 1.807) is 13.0 Å². The predicted molar refractivity (Wildman–Crippen MR) is 61.5 cm³/mol. The Bertz CT molecular complexity index is 472. The van der Waals surface area contributed by atoms with E-state index in [0.29, 0.717) is 18.1 Å². The van der Waals surface area contributed by atoms with E-state index in [1.807, 2.05) is 24.3 Å². The molecule has 0 fully saturated rings. The van der Waals surface area contributed by atoms with Crippen LogP contribution in [0.25, 0.3) is 6.08 Å². The van der Waals surface area contributed by atoms with Crippen LogP contribution in [0.15, 0.2) is 35.0 Å². The molecule has 1 aliphatic rings. The molecule has 0 saturated carbocycles. The van der Waals surface area contributed by atoms with Gasteiger partial charge in [-0.1, -0.05) is 24.3 Å². The predicted octanol–water partition coefficient (Wildman–Crippen LogP) is 1.46. The number of carbonyl (C=O) groups excluding carboxylic acids is 1. The van der Waals surface area contributed by atoms with Crippen molar-refractivity contribution >= 4 is 17.9 Å². The molecule has 0 amide bonds. The van der Waals surface area contributed by atoms with Crippen molar-refractivity contribution in [3.05, 3.63) is 41.1 Å². The summed E-state index contributed by atoms with van der Waals surface area (Å²) in [5, 5.41) is 0. The monoisotopic (exact) mass is 216 g/mol. The van der Waals surface area contributed by atoms with Crippen LogP contribution in [0.1, 0.15) is 18.1 Å². The summed E-state index contributed by atoms with van der Waals surface area (Å²) in [5.74, 6) is -0.0183. The van der Waals surface area contributed by atoms with Gasteiger partial charge < -0.3 is 10.5 Å². The van der Waals surface area contributed by atoms with Crippen LogP contribution in [0.5, 0.6) is 0 Å². The van der Waals surface area contributed by atoms with E-state index in [1.165, 1.54) is 0 Å². The zero-order chi connectivity index (χ0) is 11.5. The van der Waals surface area contributed by atoms with E-state index in [9.17, 15) is 4.79 Å². The Labute approximate surface area is 93.4 Å². The highest BCUT2D eigenvalue weighted by atomic mass is 16.6. The summed E-state index contributed by atoms with van der Waals surface area (Å²) in [4.78, 5) is 15.3. The van der Waals surface area contributed by atoms with E-state index in [2.05, 4.69) is 4.99 Å². The molecule has 4 nitrogen and oxygen atoms in total. The molecule has 1 aromatic carbocycles. The Kier molecular flexibility index (Phi) is 2.83. The van der Waals surface area contributed by atoms with Crippen LogP contribution in [0, 0.1) is 0 Å². The SMILES string of the molecule is CC1=NC(=Cc2ccc(CN)cc2)C(=O)O1. The Morgan fingerprint density at radius 1 is 1.38 bits per heavy atom. The van der Waals surface area contributed by atoms with Gasteiger partial charge in [0.25, 0.3) is 0 Å². The molecule has 0 atom stereocenters. The fraction of sp³-hybridized carbons (Fsp3) is 0.167. The van der Waals surface area contributed by atoms with E-state index >= 15 is 0 Å². The lowest BCUT2D eigenvalue weighted by Crippen LogP contribution is -2.00. The Morgan fingerprint density at radius 2 is 2.06 bits per heavy atom. The molecule has 0 saturated heterocycles. The van der Waals surface area contributed by atoms with Gasteiger partial charge in [-0.3, -0.25) is 0 Å². The normalized spacial score (nSPS) is 17.5. The highest BCUT2D eigenvalue weighted by Gasteiger charge is 2.19. The minimum absolute atomic E-state index is 0.331. The summed E-state index contributed by atoms with van der Waals surface area (Å²) >= 11 is 0. The van der Waals surface area contributed by atoms with Crippen molar-refractivity contribution in [1.82, 2.24) is 0 Å². The van der Waals surface area contributed by atoms with Crippen molar-refractivity contribution in [3.8, 4) is 0 Å². The molecule has 2 N–H and O–H groups in total. The first-order valence-electron chi connectivity index (χ1n) is 4.97. The summed E-state index contributed by atoms with van der Waals surface area (Å²) in [6.07, 6.45) is 1.69. The highest BCUT2D eigenvalue weighted by Crippen LogP contribution is 2.15. The maximum atomic E-state index is 11.3. The van der Waals surface area contributed by atoms with Gasteiger partial charge in [0.05, 0.1) is 0 Å². The highest BCUT2D eigenvalue weighted by molar-refractivity contribution is 6.06. The maximum absolute atomic E-state index is 11.3. The van der Waals surface area contributed by atoms with Gasteiger partial charge in [-0.05, 0) is 17.2 Å². The second-order valence-corrected chi connectivity index (χ2v) is 3.50. The summed E-state index contributed by atoms with van der Waals surface area (Å²) in [7, 11) is 0. The van der Waals surface area contributed by atoms with Gasteiger partial charge in [0, 0.05) is 13.5 Å². The van der Waals surface area contributed by atoms with Gasteiger partial charge in [-0.2, -0.15) is 0 Å². The lowest BCUT2D eigenvalue weighted by molar-refractivity contribution is -0.130. The van der Waals surface area contributed by atoms with E-state index in [4.69, 9.17) is 10.5 Å². The lowest BCUT2D eigenvalue weighted by atomic mass is 10.1. The number of rotatable bonds is 2. The quantitative estimate of drug-likeness (QED) is 0.601. The number of benzene rings is 1. The zero-order valence-corrected chi connectivity index (χ0v) is 8.93. The van der Waals surface area contributed by atoms with Crippen molar-refractivity contribution in [1.29, 1.82) is 0 Å². The van der Waals surface area contributed by atoms with Gasteiger partial charge in [-0.15, -0.1) is 0 Å². The molecule has 82 valence electrons.